The molecule has 3 atom stereocenters. The van der Waals surface area contributed by atoms with Gasteiger partial charge in [0.25, 0.3) is 0 Å². The van der Waals surface area contributed by atoms with Gasteiger partial charge in [-0.15, -0.1) is 0 Å². The van der Waals surface area contributed by atoms with Gasteiger partial charge in [-0.2, -0.15) is 0 Å². The summed E-state index contributed by atoms with van der Waals surface area (Å²) in [6.45, 7) is 0.949. The van der Waals surface area contributed by atoms with Gasteiger partial charge in [0.15, 0.2) is 0 Å². The van der Waals surface area contributed by atoms with Crippen molar-refractivity contribution in [3.63, 3.8) is 0 Å². The van der Waals surface area contributed by atoms with Crippen molar-refractivity contribution in [2.24, 2.45) is 17.8 Å². The highest BCUT2D eigenvalue weighted by molar-refractivity contribution is 5.33. The molecule has 3 aliphatic carbocycles. The van der Waals surface area contributed by atoms with Crippen LogP contribution in [0.5, 0.6) is 5.75 Å². The third-order valence-corrected chi connectivity index (χ3v) is 8.21. The predicted molar refractivity (Wildman–Crippen MR) is 124 cm³/mol. The van der Waals surface area contributed by atoms with Crippen molar-refractivity contribution in [2.45, 2.75) is 95.2 Å². The van der Waals surface area contributed by atoms with Gasteiger partial charge in [-0.25, -0.2) is 0 Å². The lowest BCUT2D eigenvalue weighted by atomic mass is 9.66. The summed E-state index contributed by atoms with van der Waals surface area (Å²) >= 11 is 0. The Bertz CT molecular complexity index is 663. The first-order valence-electron chi connectivity index (χ1n) is 12.7. The van der Waals surface area contributed by atoms with Crippen LogP contribution < -0.4 is 4.74 Å². The number of hydrogen-bond acceptors (Lipinski definition) is 3. The van der Waals surface area contributed by atoms with Crippen LogP contribution in [-0.4, -0.2) is 36.8 Å². The summed E-state index contributed by atoms with van der Waals surface area (Å²) in [5.41, 5.74) is 0.336. The van der Waals surface area contributed by atoms with E-state index in [1.807, 2.05) is 0 Å². The van der Waals surface area contributed by atoms with E-state index in [-0.39, 0.29) is 5.92 Å². The van der Waals surface area contributed by atoms with E-state index in [2.05, 4.69) is 43.3 Å². The highest BCUT2D eigenvalue weighted by atomic mass is 16.5. The van der Waals surface area contributed by atoms with Gasteiger partial charge in [-0.1, -0.05) is 50.7 Å². The molecule has 3 heteroatoms. The topological polar surface area (TPSA) is 32.7 Å². The van der Waals surface area contributed by atoms with Crippen LogP contribution in [0.4, 0.5) is 0 Å². The van der Waals surface area contributed by atoms with Gasteiger partial charge >= 0.3 is 0 Å². The lowest BCUT2D eigenvalue weighted by molar-refractivity contribution is -0.0767. The average Bonchev–Trinajstić information content (AvgIpc) is 3.43. The number of hydrogen-bond donors (Lipinski definition) is 1. The quantitative estimate of drug-likeness (QED) is 0.555. The van der Waals surface area contributed by atoms with E-state index in [9.17, 15) is 5.11 Å². The molecule has 0 aliphatic heterocycles. The first kappa shape index (κ1) is 22.1. The van der Waals surface area contributed by atoms with Gasteiger partial charge in [-0.05, 0) is 88.6 Å². The lowest BCUT2D eigenvalue weighted by Crippen LogP contribution is -2.45. The molecule has 0 radical (unpaired) electrons. The Morgan fingerprint density at radius 3 is 2.40 bits per heavy atom. The van der Waals surface area contributed by atoms with Crippen molar-refractivity contribution < 1.29 is 9.84 Å². The molecular formula is C27H43NO2. The molecule has 1 aromatic rings. The second-order valence-electron chi connectivity index (χ2n) is 10.8. The fourth-order valence-electron chi connectivity index (χ4n) is 6.46. The third-order valence-electron chi connectivity index (χ3n) is 8.21. The SMILES string of the molecule is CN(C)CC1CC(CCC2CCCC2)CCC1(O)c1cccc(OC2CCCC2)c1. The molecule has 4 rings (SSSR count). The average molecular weight is 414 g/mol. The molecule has 3 fully saturated rings. The van der Waals surface area contributed by atoms with Crippen molar-refractivity contribution >= 4 is 0 Å². The fourth-order valence-corrected chi connectivity index (χ4v) is 6.46. The molecule has 0 bridgehead atoms. The molecule has 3 aliphatic rings. The summed E-state index contributed by atoms with van der Waals surface area (Å²) in [5, 5.41) is 12.0. The largest absolute Gasteiger partial charge is 0.490 e. The molecule has 0 aromatic heterocycles. The van der Waals surface area contributed by atoms with Crippen LogP contribution in [0.3, 0.4) is 0 Å². The summed E-state index contributed by atoms with van der Waals surface area (Å²) in [6.07, 6.45) is 17.0. The minimum absolute atomic E-state index is 0.288. The summed E-state index contributed by atoms with van der Waals surface area (Å²) in [4.78, 5) is 2.26. The van der Waals surface area contributed by atoms with Gasteiger partial charge in [0.2, 0.25) is 0 Å². The molecular weight excluding hydrogens is 370 g/mol. The van der Waals surface area contributed by atoms with Gasteiger partial charge < -0.3 is 14.7 Å². The molecule has 3 unspecified atom stereocenters. The highest BCUT2D eigenvalue weighted by Gasteiger charge is 2.43. The maximum absolute atomic E-state index is 12.0. The number of benzene rings is 1. The second kappa shape index (κ2) is 10.0. The highest BCUT2D eigenvalue weighted by Crippen LogP contribution is 2.46. The molecule has 30 heavy (non-hydrogen) atoms. The Morgan fingerprint density at radius 2 is 1.67 bits per heavy atom. The molecule has 3 saturated carbocycles. The van der Waals surface area contributed by atoms with E-state index >= 15 is 0 Å². The van der Waals surface area contributed by atoms with E-state index in [0.717, 1.165) is 49.0 Å². The van der Waals surface area contributed by atoms with Crippen LogP contribution >= 0.6 is 0 Å². The molecule has 1 N–H and O–H groups in total. The Labute approximate surface area is 184 Å². The predicted octanol–water partition coefficient (Wildman–Crippen LogP) is 6.14. The Kier molecular flexibility index (Phi) is 7.41. The Hall–Kier alpha value is -1.06. The monoisotopic (exact) mass is 413 g/mol. The van der Waals surface area contributed by atoms with Gasteiger partial charge in [-0.3, -0.25) is 0 Å². The van der Waals surface area contributed by atoms with Gasteiger partial charge in [0.1, 0.15) is 5.75 Å². The van der Waals surface area contributed by atoms with Gasteiger partial charge in [0, 0.05) is 12.5 Å². The first-order chi connectivity index (χ1) is 14.5. The van der Waals surface area contributed by atoms with Crippen LogP contribution in [0.25, 0.3) is 0 Å². The van der Waals surface area contributed by atoms with Crippen LogP contribution in [0.2, 0.25) is 0 Å². The third kappa shape index (κ3) is 5.40. The Balaban J connectivity index is 1.44. The molecule has 1 aromatic carbocycles. The molecule has 0 spiro atoms. The zero-order valence-corrected chi connectivity index (χ0v) is 19.3. The molecule has 0 heterocycles. The van der Waals surface area contributed by atoms with Crippen molar-refractivity contribution in [3.05, 3.63) is 29.8 Å². The van der Waals surface area contributed by atoms with Crippen molar-refractivity contribution in [3.8, 4) is 5.75 Å². The molecule has 168 valence electrons. The molecule has 0 amide bonds. The van der Waals surface area contributed by atoms with Crippen LogP contribution in [0.1, 0.15) is 89.0 Å². The standard InChI is InChI=1S/C27H43NO2/c1-28(2)20-24-18-22(15-14-21-8-3-4-9-21)16-17-27(24,29)23-10-7-13-26(19-23)30-25-11-5-6-12-25/h7,10,13,19,21-22,24-25,29H,3-6,8-9,11-12,14-18,20H2,1-2H3. The zero-order valence-electron chi connectivity index (χ0n) is 19.3. The normalized spacial score (nSPS) is 30.9. The van der Waals surface area contributed by atoms with Crippen LogP contribution in [0, 0.1) is 17.8 Å². The van der Waals surface area contributed by atoms with Gasteiger partial charge in [0.05, 0.1) is 11.7 Å². The smallest absolute Gasteiger partial charge is 0.120 e. The second-order valence-corrected chi connectivity index (χ2v) is 10.8. The minimum Gasteiger partial charge on any atom is -0.490 e. The lowest BCUT2D eigenvalue weighted by Gasteiger charge is -2.45. The fraction of sp³-hybridized carbons (Fsp3) is 0.778. The summed E-state index contributed by atoms with van der Waals surface area (Å²) in [7, 11) is 4.28. The minimum atomic E-state index is -0.733. The van der Waals surface area contributed by atoms with E-state index in [1.165, 1.54) is 64.2 Å². The molecule has 3 nitrogen and oxygen atoms in total. The maximum atomic E-state index is 12.0. The van der Waals surface area contributed by atoms with E-state index in [0.29, 0.717) is 6.10 Å². The van der Waals surface area contributed by atoms with E-state index in [1.54, 1.807) is 0 Å². The summed E-state index contributed by atoms with van der Waals surface area (Å²) in [5.74, 6) is 2.98. The van der Waals surface area contributed by atoms with Crippen molar-refractivity contribution in [1.29, 1.82) is 0 Å². The van der Waals surface area contributed by atoms with E-state index in [4.69, 9.17) is 4.74 Å². The number of ether oxygens (including phenoxy) is 1. The first-order valence-corrected chi connectivity index (χ1v) is 12.7. The number of aliphatic hydroxyl groups is 1. The van der Waals surface area contributed by atoms with Crippen molar-refractivity contribution in [1.82, 2.24) is 4.90 Å². The molecule has 0 saturated heterocycles. The summed E-state index contributed by atoms with van der Waals surface area (Å²) in [6, 6.07) is 8.42. The Morgan fingerprint density at radius 1 is 0.967 bits per heavy atom. The summed E-state index contributed by atoms with van der Waals surface area (Å²) < 4.78 is 6.26. The van der Waals surface area contributed by atoms with E-state index < -0.39 is 5.60 Å². The zero-order chi connectivity index (χ0) is 21.0. The maximum Gasteiger partial charge on any atom is 0.120 e. The number of nitrogens with zero attached hydrogens (tertiary/aromatic N) is 1. The number of rotatable bonds is 8. The van der Waals surface area contributed by atoms with Crippen molar-refractivity contribution in [2.75, 3.05) is 20.6 Å². The van der Waals surface area contributed by atoms with Crippen LogP contribution in [0.15, 0.2) is 24.3 Å². The van der Waals surface area contributed by atoms with Crippen LogP contribution in [-0.2, 0) is 5.60 Å².